The van der Waals surface area contributed by atoms with Gasteiger partial charge < -0.3 is 5.32 Å². The minimum atomic E-state index is -4.58. The SMILES string of the molecule is N#C/C(=C\c1ccccc1C(F)(F)F)C(=O)NCc1ccc(Cl)cc1. The molecule has 0 saturated carbocycles. The summed E-state index contributed by atoms with van der Waals surface area (Å²) < 4.78 is 38.9. The number of hydrogen-bond acceptors (Lipinski definition) is 2. The van der Waals surface area contributed by atoms with Gasteiger partial charge in [-0.1, -0.05) is 41.9 Å². The van der Waals surface area contributed by atoms with Crippen LogP contribution in [0.3, 0.4) is 0 Å². The van der Waals surface area contributed by atoms with Crippen LogP contribution in [0.15, 0.2) is 54.1 Å². The molecule has 0 spiro atoms. The molecule has 0 fully saturated rings. The second kappa shape index (κ2) is 7.86. The molecular weight excluding hydrogens is 353 g/mol. The van der Waals surface area contributed by atoms with Crippen LogP contribution in [0, 0.1) is 11.3 Å². The van der Waals surface area contributed by atoms with Gasteiger partial charge in [-0.3, -0.25) is 4.79 Å². The molecule has 0 atom stereocenters. The maximum absolute atomic E-state index is 13.0. The predicted molar refractivity (Wildman–Crippen MR) is 88.3 cm³/mol. The molecule has 0 aliphatic heterocycles. The number of amides is 1. The molecule has 0 aliphatic carbocycles. The van der Waals surface area contributed by atoms with Gasteiger partial charge in [-0.15, -0.1) is 0 Å². The quantitative estimate of drug-likeness (QED) is 0.637. The number of carbonyl (C=O) groups excluding carboxylic acids is 1. The first kappa shape index (κ1) is 18.6. The molecule has 7 heteroatoms. The summed E-state index contributed by atoms with van der Waals surface area (Å²) in [6.45, 7) is 0.121. The molecule has 0 unspecified atom stereocenters. The number of nitriles is 1. The Bertz CT molecular complexity index is 837. The highest BCUT2D eigenvalue weighted by atomic mass is 35.5. The molecule has 0 aromatic heterocycles. The second-order valence-electron chi connectivity index (χ2n) is 5.06. The lowest BCUT2D eigenvalue weighted by molar-refractivity contribution is -0.137. The van der Waals surface area contributed by atoms with Gasteiger partial charge in [-0.05, 0) is 35.4 Å². The van der Waals surface area contributed by atoms with Gasteiger partial charge >= 0.3 is 6.18 Å². The maximum Gasteiger partial charge on any atom is 0.416 e. The normalized spacial score (nSPS) is 11.7. The number of alkyl halides is 3. The Morgan fingerprint density at radius 2 is 1.80 bits per heavy atom. The van der Waals surface area contributed by atoms with Crippen LogP contribution in [0.4, 0.5) is 13.2 Å². The van der Waals surface area contributed by atoms with E-state index < -0.39 is 23.2 Å². The molecule has 2 aromatic carbocycles. The van der Waals surface area contributed by atoms with Gasteiger partial charge in [-0.2, -0.15) is 18.4 Å². The Morgan fingerprint density at radius 3 is 2.40 bits per heavy atom. The van der Waals surface area contributed by atoms with Gasteiger partial charge in [0, 0.05) is 11.6 Å². The van der Waals surface area contributed by atoms with Crippen molar-refractivity contribution in [2.24, 2.45) is 0 Å². The van der Waals surface area contributed by atoms with Crippen molar-refractivity contribution in [1.82, 2.24) is 5.32 Å². The molecule has 2 aromatic rings. The Kier molecular flexibility index (Phi) is 5.84. The molecule has 25 heavy (non-hydrogen) atoms. The molecular formula is C18H12ClF3N2O. The second-order valence-corrected chi connectivity index (χ2v) is 5.50. The first-order valence-electron chi connectivity index (χ1n) is 7.12. The molecule has 1 N–H and O–H groups in total. The van der Waals surface area contributed by atoms with Crippen molar-refractivity contribution in [3.8, 4) is 6.07 Å². The van der Waals surface area contributed by atoms with Crippen molar-refractivity contribution in [1.29, 1.82) is 5.26 Å². The smallest absolute Gasteiger partial charge is 0.347 e. The van der Waals surface area contributed by atoms with E-state index in [0.717, 1.165) is 17.7 Å². The third kappa shape index (κ3) is 5.10. The van der Waals surface area contributed by atoms with Crippen LogP contribution >= 0.6 is 11.6 Å². The summed E-state index contributed by atoms with van der Waals surface area (Å²) in [7, 11) is 0. The Hall–Kier alpha value is -2.78. The number of halogens is 4. The van der Waals surface area contributed by atoms with E-state index in [0.29, 0.717) is 5.02 Å². The van der Waals surface area contributed by atoms with Gasteiger partial charge in [0.15, 0.2) is 0 Å². The van der Waals surface area contributed by atoms with E-state index in [2.05, 4.69) is 5.32 Å². The van der Waals surface area contributed by atoms with Crippen LogP contribution in [-0.4, -0.2) is 5.91 Å². The van der Waals surface area contributed by atoms with Crippen molar-refractivity contribution >= 4 is 23.6 Å². The van der Waals surface area contributed by atoms with Gasteiger partial charge in [0.1, 0.15) is 11.6 Å². The maximum atomic E-state index is 13.0. The van der Waals surface area contributed by atoms with E-state index in [1.54, 1.807) is 30.3 Å². The first-order chi connectivity index (χ1) is 11.8. The Labute approximate surface area is 147 Å². The van der Waals surface area contributed by atoms with Crippen LogP contribution in [0.5, 0.6) is 0 Å². The zero-order valence-electron chi connectivity index (χ0n) is 12.8. The monoisotopic (exact) mass is 364 g/mol. The van der Waals surface area contributed by atoms with Crippen molar-refractivity contribution in [2.45, 2.75) is 12.7 Å². The van der Waals surface area contributed by atoms with Crippen LogP contribution < -0.4 is 5.32 Å². The number of rotatable bonds is 4. The molecule has 128 valence electrons. The average molecular weight is 365 g/mol. The summed E-state index contributed by atoms with van der Waals surface area (Å²) >= 11 is 5.76. The van der Waals surface area contributed by atoms with E-state index >= 15 is 0 Å². The zero-order valence-corrected chi connectivity index (χ0v) is 13.5. The molecule has 0 bridgehead atoms. The van der Waals surface area contributed by atoms with E-state index in [1.165, 1.54) is 18.2 Å². The highest BCUT2D eigenvalue weighted by Gasteiger charge is 2.32. The van der Waals surface area contributed by atoms with Gasteiger partial charge in [0.25, 0.3) is 5.91 Å². The lowest BCUT2D eigenvalue weighted by atomic mass is 10.0. The van der Waals surface area contributed by atoms with Crippen molar-refractivity contribution < 1.29 is 18.0 Å². The summed E-state index contributed by atoms with van der Waals surface area (Å²) in [5.41, 5.74) is -0.821. The predicted octanol–water partition coefficient (Wildman–Crippen LogP) is 4.58. The van der Waals surface area contributed by atoms with Gasteiger partial charge in [-0.25, -0.2) is 0 Å². The summed E-state index contributed by atoms with van der Waals surface area (Å²) in [6.07, 6.45) is -3.65. The molecule has 1 amide bonds. The Morgan fingerprint density at radius 1 is 1.16 bits per heavy atom. The number of hydrogen-bond donors (Lipinski definition) is 1. The van der Waals surface area contributed by atoms with Gasteiger partial charge in [0.2, 0.25) is 0 Å². The fraction of sp³-hybridized carbons (Fsp3) is 0.111. The van der Waals surface area contributed by atoms with E-state index in [9.17, 15) is 18.0 Å². The zero-order chi connectivity index (χ0) is 18.4. The lowest BCUT2D eigenvalue weighted by Gasteiger charge is -2.10. The van der Waals surface area contributed by atoms with Crippen molar-refractivity contribution in [2.75, 3.05) is 0 Å². The van der Waals surface area contributed by atoms with Crippen molar-refractivity contribution in [3.05, 3.63) is 75.8 Å². The summed E-state index contributed by atoms with van der Waals surface area (Å²) in [5, 5.41) is 12.1. The van der Waals surface area contributed by atoms with E-state index in [1.807, 2.05) is 0 Å². The summed E-state index contributed by atoms with van der Waals surface area (Å²) in [6, 6.07) is 13.0. The fourth-order valence-electron chi connectivity index (χ4n) is 2.06. The van der Waals surface area contributed by atoms with E-state index in [-0.39, 0.29) is 12.1 Å². The summed E-state index contributed by atoms with van der Waals surface area (Å²) in [5.74, 6) is -0.755. The van der Waals surface area contributed by atoms with E-state index in [4.69, 9.17) is 16.9 Å². The third-order valence-electron chi connectivity index (χ3n) is 3.30. The van der Waals surface area contributed by atoms with Crippen LogP contribution in [-0.2, 0) is 17.5 Å². The third-order valence-corrected chi connectivity index (χ3v) is 3.55. The highest BCUT2D eigenvalue weighted by molar-refractivity contribution is 6.30. The van der Waals surface area contributed by atoms with Crippen LogP contribution in [0.25, 0.3) is 6.08 Å². The summed E-state index contributed by atoms with van der Waals surface area (Å²) in [4.78, 5) is 12.1. The molecule has 3 nitrogen and oxygen atoms in total. The first-order valence-corrected chi connectivity index (χ1v) is 7.49. The average Bonchev–Trinajstić information content (AvgIpc) is 2.58. The van der Waals surface area contributed by atoms with Gasteiger partial charge in [0.05, 0.1) is 5.56 Å². The number of nitrogens with one attached hydrogen (secondary N) is 1. The van der Waals surface area contributed by atoms with Crippen LogP contribution in [0.2, 0.25) is 5.02 Å². The Balaban J connectivity index is 2.19. The molecule has 2 rings (SSSR count). The minimum absolute atomic E-state index is 0.121. The number of carbonyl (C=O) groups is 1. The standard InChI is InChI=1S/C18H12ClF3N2O/c19-15-7-5-12(6-8-15)11-24-17(25)14(10-23)9-13-3-1-2-4-16(13)18(20,21)22/h1-9H,11H2,(H,24,25)/b14-9+. The number of benzene rings is 2. The molecule has 0 heterocycles. The lowest BCUT2D eigenvalue weighted by Crippen LogP contribution is -2.24. The largest absolute Gasteiger partial charge is 0.416 e. The highest BCUT2D eigenvalue weighted by Crippen LogP contribution is 2.32. The fourth-order valence-corrected chi connectivity index (χ4v) is 2.19. The van der Waals surface area contributed by atoms with Crippen LogP contribution in [0.1, 0.15) is 16.7 Å². The molecule has 0 radical (unpaired) electrons. The topological polar surface area (TPSA) is 52.9 Å². The molecule has 0 aliphatic rings. The van der Waals surface area contributed by atoms with Crippen molar-refractivity contribution in [3.63, 3.8) is 0 Å². The molecule has 0 saturated heterocycles. The number of nitrogens with zero attached hydrogens (tertiary/aromatic N) is 1. The minimum Gasteiger partial charge on any atom is -0.347 e.